The van der Waals surface area contributed by atoms with Gasteiger partial charge in [-0.05, 0) is 67.1 Å². The van der Waals surface area contributed by atoms with E-state index in [-0.39, 0.29) is 30.1 Å². The van der Waals surface area contributed by atoms with Crippen LogP contribution >= 0.6 is 0 Å². The van der Waals surface area contributed by atoms with Crippen molar-refractivity contribution in [2.45, 2.75) is 71.1 Å². The molecule has 2 aliphatic rings. The second kappa shape index (κ2) is 12.0. The van der Waals surface area contributed by atoms with Gasteiger partial charge >= 0.3 is 0 Å². The highest BCUT2D eigenvalue weighted by Gasteiger charge is 2.29. The molecule has 1 saturated heterocycles. The fourth-order valence-electron chi connectivity index (χ4n) is 6.38. The lowest BCUT2D eigenvalue weighted by Gasteiger charge is -2.22. The zero-order valence-corrected chi connectivity index (χ0v) is 22.9. The number of ketones is 1. The summed E-state index contributed by atoms with van der Waals surface area (Å²) in [7, 11) is 1.59. The van der Waals surface area contributed by atoms with Gasteiger partial charge in [-0.3, -0.25) is 4.79 Å². The molecule has 5 rings (SSSR count). The summed E-state index contributed by atoms with van der Waals surface area (Å²) in [6, 6.07) is 5.04. The summed E-state index contributed by atoms with van der Waals surface area (Å²) >= 11 is 0. The largest absolute Gasteiger partial charge is 0.377 e. The van der Waals surface area contributed by atoms with Gasteiger partial charge < -0.3 is 14.2 Å². The summed E-state index contributed by atoms with van der Waals surface area (Å²) in [6.07, 6.45) is 8.44. The van der Waals surface area contributed by atoms with Crippen LogP contribution in [0.15, 0.2) is 22.7 Å². The summed E-state index contributed by atoms with van der Waals surface area (Å²) in [5, 5.41) is 9.58. The molecule has 3 aromatic rings. The zero-order valence-electron chi connectivity index (χ0n) is 22.9. The molecule has 3 atom stereocenters. The van der Waals surface area contributed by atoms with E-state index in [1.807, 2.05) is 19.9 Å². The second-order valence-corrected chi connectivity index (χ2v) is 11.6. The highest BCUT2D eigenvalue weighted by Crippen LogP contribution is 2.32. The van der Waals surface area contributed by atoms with Gasteiger partial charge in [0.2, 0.25) is 5.89 Å². The molecule has 0 bridgehead atoms. The Hall–Kier alpha value is -2.65. The SMILES string of the molecule is COCC(=O)CC1CCC[C@H](CN2CC[C@H](Cc3nc(-n4nc(C(C)C)c5cccc(F)c54)no3)C2)CC1. The minimum absolute atomic E-state index is 0.147. The number of Topliss-reactive ketones (excluding diaryl/α,β-unsaturated/α-hetero) is 1. The van der Waals surface area contributed by atoms with E-state index < -0.39 is 0 Å². The smallest absolute Gasteiger partial charge is 0.291 e. The molecule has 1 aliphatic heterocycles. The van der Waals surface area contributed by atoms with Crippen molar-refractivity contribution in [1.29, 1.82) is 0 Å². The van der Waals surface area contributed by atoms with Crippen molar-refractivity contribution >= 4 is 16.7 Å². The summed E-state index contributed by atoms with van der Waals surface area (Å²) < 4.78 is 26.8. The van der Waals surface area contributed by atoms with Crippen molar-refractivity contribution in [3.05, 3.63) is 35.6 Å². The van der Waals surface area contributed by atoms with E-state index in [1.165, 1.54) is 30.0 Å². The number of carbonyl (C=O) groups excluding carboxylic acids is 1. The van der Waals surface area contributed by atoms with Crippen LogP contribution in [0.2, 0.25) is 0 Å². The van der Waals surface area contributed by atoms with Crippen molar-refractivity contribution in [2.24, 2.45) is 17.8 Å². The van der Waals surface area contributed by atoms with E-state index in [4.69, 9.17) is 9.26 Å². The maximum atomic E-state index is 14.7. The molecule has 0 amide bonds. The average Bonchev–Trinajstić information content (AvgIpc) is 3.58. The number of aromatic nitrogens is 4. The highest BCUT2D eigenvalue weighted by atomic mass is 19.1. The number of hydrogen-bond donors (Lipinski definition) is 0. The Kier molecular flexibility index (Phi) is 8.53. The van der Waals surface area contributed by atoms with Crippen molar-refractivity contribution in [2.75, 3.05) is 33.4 Å². The Morgan fingerprint density at radius 3 is 2.79 bits per heavy atom. The summed E-state index contributed by atoms with van der Waals surface area (Å²) in [5.41, 5.74) is 1.22. The van der Waals surface area contributed by atoms with Crippen LogP contribution in [-0.4, -0.2) is 64.0 Å². The van der Waals surface area contributed by atoms with E-state index in [2.05, 4.69) is 20.1 Å². The van der Waals surface area contributed by atoms with Gasteiger partial charge in [0.1, 0.15) is 17.9 Å². The number of methoxy groups -OCH3 is 1. The molecule has 3 heterocycles. The predicted molar refractivity (Wildman–Crippen MR) is 143 cm³/mol. The van der Waals surface area contributed by atoms with E-state index in [0.29, 0.717) is 35.6 Å². The van der Waals surface area contributed by atoms with Crippen LogP contribution in [0, 0.1) is 23.6 Å². The minimum atomic E-state index is -0.342. The summed E-state index contributed by atoms with van der Waals surface area (Å²) in [4.78, 5) is 19.2. The first-order chi connectivity index (χ1) is 18.4. The predicted octanol–water partition coefficient (Wildman–Crippen LogP) is 5.34. The summed E-state index contributed by atoms with van der Waals surface area (Å²) in [6.45, 7) is 7.57. The van der Waals surface area contributed by atoms with Crippen molar-refractivity contribution < 1.29 is 18.4 Å². The fourth-order valence-corrected chi connectivity index (χ4v) is 6.38. The Morgan fingerprint density at radius 2 is 1.97 bits per heavy atom. The molecule has 8 nitrogen and oxygen atoms in total. The number of ether oxygens (including phenoxy) is 1. The number of nitrogens with zero attached hydrogens (tertiary/aromatic N) is 5. The third kappa shape index (κ3) is 6.15. The van der Waals surface area contributed by atoms with Crippen molar-refractivity contribution in [3.63, 3.8) is 0 Å². The molecule has 206 valence electrons. The molecular formula is C29H40FN5O3. The molecule has 0 radical (unpaired) electrons. The number of fused-ring (bicyclic) bond motifs is 1. The quantitative estimate of drug-likeness (QED) is 0.330. The first kappa shape index (κ1) is 26.9. The van der Waals surface area contributed by atoms with Crippen LogP contribution in [0.3, 0.4) is 0 Å². The van der Waals surface area contributed by atoms with Crippen LogP contribution in [0.5, 0.6) is 0 Å². The van der Waals surface area contributed by atoms with Crippen molar-refractivity contribution in [1.82, 2.24) is 24.8 Å². The monoisotopic (exact) mass is 525 g/mol. The molecule has 1 unspecified atom stereocenters. The van der Waals surface area contributed by atoms with Gasteiger partial charge in [-0.15, -0.1) is 0 Å². The van der Waals surface area contributed by atoms with Crippen LogP contribution in [0.4, 0.5) is 4.39 Å². The number of halogens is 1. The van der Waals surface area contributed by atoms with Crippen LogP contribution in [0.1, 0.15) is 76.3 Å². The molecule has 2 aromatic heterocycles. The first-order valence-electron chi connectivity index (χ1n) is 14.1. The average molecular weight is 526 g/mol. The topological polar surface area (TPSA) is 86.3 Å². The van der Waals surface area contributed by atoms with Gasteiger partial charge in [-0.1, -0.05) is 38.8 Å². The van der Waals surface area contributed by atoms with E-state index in [9.17, 15) is 9.18 Å². The van der Waals surface area contributed by atoms with E-state index in [0.717, 1.165) is 56.4 Å². The molecular weight excluding hydrogens is 485 g/mol. The minimum Gasteiger partial charge on any atom is -0.377 e. The standard InChI is InChI=1S/C29H40FN5O3/c1-19(2)27-24-8-5-9-25(30)28(24)35(32-27)29-31-26(38-33-29)15-22-12-13-34(17-22)16-21-7-4-6-20(10-11-21)14-23(36)18-37-3/h5,8-9,19-22H,4,6-7,10-18H2,1-3H3/t20?,21-,22+/m0/s1. The van der Waals surface area contributed by atoms with Gasteiger partial charge in [0, 0.05) is 38.4 Å². The zero-order chi connectivity index (χ0) is 26.6. The molecule has 9 heteroatoms. The van der Waals surface area contributed by atoms with Crippen molar-refractivity contribution in [3.8, 4) is 5.95 Å². The van der Waals surface area contributed by atoms with Gasteiger partial charge in [-0.2, -0.15) is 14.8 Å². The van der Waals surface area contributed by atoms with Gasteiger partial charge in [0.05, 0.1) is 5.69 Å². The number of para-hydroxylation sites is 1. The third-order valence-corrected chi connectivity index (χ3v) is 8.26. The number of hydrogen-bond acceptors (Lipinski definition) is 7. The van der Waals surface area contributed by atoms with Gasteiger partial charge in [-0.25, -0.2) is 4.39 Å². The van der Waals surface area contributed by atoms with E-state index in [1.54, 1.807) is 13.2 Å². The molecule has 1 aliphatic carbocycles. The Morgan fingerprint density at radius 1 is 1.16 bits per heavy atom. The number of carbonyl (C=O) groups is 1. The first-order valence-corrected chi connectivity index (χ1v) is 14.1. The molecule has 0 spiro atoms. The third-order valence-electron chi connectivity index (χ3n) is 8.26. The Bertz CT molecular complexity index is 1240. The molecule has 1 aromatic carbocycles. The maximum Gasteiger partial charge on any atom is 0.291 e. The molecule has 38 heavy (non-hydrogen) atoms. The lowest BCUT2D eigenvalue weighted by molar-refractivity contribution is -0.123. The normalized spacial score (nSPS) is 22.9. The lowest BCUT2D eigenvalue weighted by Crippen LogP contribution is -2.27. The number of benzene rings is 1. The molecule has 2 fully saturated rings. The maximum absolute atomic E-state index is 14.7. The highest BCUT2D eigenvalue weighted by molar-refractivity contribution is 5.84. The van der Waals surface area contributed by atoms with Crippen LogP contribution in [0.25, 0.3) is 16.9 Å². The molecule has 1 saturated carbocycles. The number of rotatable bonds is 10. The van der Waals surface area contributed by atoms with E-state index >= 15 is 0 Å². The van der Waals surface area contributed by atoms with Crippen LogP contribution < -0.4 is 0 Å². The van der Waals surface area contributed by atoms with Gasteiger partial charge in [0.15, 0.2) is 5.78 Å². The van der Waals surface area contributed by atoms with Crippen LogP contribution in [-0.2, 0) is 16.0 Å². The van der Waals surface area contributed by atoms with Gasteiger partial charge in [0.25, 0.3) is 5.95 Å². The number of likely N-dealkylation sites (tertiary alicyclic amines) is 1. The fraction of sp³-hybridized carbons (Fsp3) is 0.655. The lowest BCUT2D eigenvalue weighted by atomic mass is 9.93. The summed E-state index contributed by atoms with van der Waals surface area (Å²) in [5.74, 6) is 2.58. The Balaban J connectivity index is 1.16. The Labute approximate surface area is 223 Å². The second-order valence-electron chi connectivity index (χ2n) is 11.6. The molecule has 0 N–H and O–H groups in total.